The molecule has 21 heavy (non-hydrogen) atoms. The average molecular weight is 302 g/mol. The minimum absolute atomic E-state index is 0.0492. The van der Waals surface area contributed by atoms with E-state index in [9.17, 15) is 18.0 Å². The van der Waals surface area contributed by atoms with Gasteiger partial charge in [-0.05, 0) is 32.2 Å². The summed E-state index contributed by atoms with van der Waals surface area (Å²) in [6.07, 6.45) is -4.58. The SMILES string of the molecule is CC1CN(C)CCN1c1ccc(C(=O)O)cc1C(F)(F)F. The molecule has 1 fully saturated rings. The highest BCUT2D eigenvalue weighted by molar-refractivity contribution is 5.88. The summed E-state index contributed by atoms with van der Waals surface area (Å²) in [6.45, 7) is 3.67. The van der Waals surface area contributed by atoms with Gasteiger partial charge in [0.2, 0.25) is 0 Å². The molecule has 1 aromatic carbocycles. The fourth-order valence-electron chi connectivity index (χ4n) is 2.64. The van der Waals surface area contributed by atoms with Gasteiger partial charge >= 0.3 is 12.1 Å². The molecule has 0 spiro atoms. The molecule has 0 amide bonds. The maximum absolute atomic E-state index is 13.2. The number of hydrogen-bond acceptors (Lipinski definition) is 3. The van der Waals surface area contributed by atoms with Gasteiger partial charge in [0.05, 0.1) is 11.1 Å². The zero-order valence-electron chi connectivity index (χ0n) is 11.8. The third kappa shape index (κ3) is 3.29. The maximum Gasteiger partial charge on any atom is 0.418 e. The summed E-state index contributed by atoms with van der Waals surface area (Å²) < 4.78 is 39.7. The maximum atomic E-state index is 13.2. The summed E-state index contributed by atoms with van der Waals surface area (Å²) in [5.74, 6) is -1.36. The van der Waals surface area contributed by atoms with Crippen molar-refractivity contribution in [3.63, 3.8) is 0 Å². The van der Waals surface area contributed by atoms with E-state index in [4.69, 9.17) is 5.11 Å². The molecular formula is C14H17F3N2O2. The molecule has 1 unspecified atom stereocenters. The Kier molecular flexibility index (Phi) is 4.13. The van der Waals surface area contributed by atoms with Crippen molar-refractivity contribution < 1.29 is 23.1 Å². The molecule has 1 saturated heterocycles. The smallest absolute Gasteiger partial charge is 0.418 e. The fraction of sp³-hybridized carbons (Fsp3) is 0.500. The van der Waals surface area contributed by atoms with Gasteiger partial charge in [0.25, 0.3) is 0 Å². The first-order chi connectivity index (χ1) is 9.70. The number of hydrogen-bond donors (Lipinski definition) is 1. The number of carboxylic acids is 1. The highest BCUT2D eigenvalue weighted by atomic mass is 19.4. The van der Waals surface area contributed by atoms with Gasteiger partial charge in [-0.25, -0.2) is 4.79 Å². The lowest BCUT2D eigenvalue weighted by molar-refractivity contribution is -0.137. The molecule has 0 radical (unpaired) electrons. The second-order valence-corrected chi connectivity index (χ2v) is 5.34. The third-order valence-electron chi connectivity index (χ3n) is 3.69. The summed E-state index contributed by atoms with van der Waals surface area (Å²) >= 11 is 0. The summed E-state index contributed by atoms with van der Waals surface area (Å²) in [4.78, 5) is 14.6. The van der Waals surface area contributed by atoms with Gasteiger partial charge in [0.1, 0.15) is 0 Å². The highest BCUT2D eigenvalue weighted by Crippen LogP contribution is 2.38. The van der Waals surface area contributed by atoms with Gasteiger partial charge < -0.3 is 14.9 Å². The Morgan fingerprint density at radius 3 is 2.52 bits per heavy atom. The number of halogens is 3. The minimum Gasteiger partial charge on any atom is -0.478 e. The first kappa shape index (κ1) is 15.6. The van der Waals surface area contributed by atoms with Gasteiger partial charge in [0, 0.05) is 31.4 Å². The summed E-state index contributed by atoms with van der Waals surface area (Å²) in [5, 5.41) is 8.88. The zero-order valence-corrected chi connectivity index (χ0v) is 11.8. The number of alkyl halides is 3. The van der Waals surface area contributed by atoms with Crippen molar-refractivity contribution in [1.82, 2.24) is 4.90 Å². The van der Waals surface area contributed by atoms with Crippen LogP contribution in [0.15, 0.2) is 18.2 Å². The van der Waals surface area contributed by atoms with Crippen LogP contribution in [0.3, 0.4) is 0 Å². The number of nitrogens with zero attached hydrogens (tertiary/aromatic N) is 2. The Hall–Kier alpha value is -1.76. The molecule has 1 N–H and O–H groups in total. The quantitative estimate of drug-likeness (QED) is 0.912. The second kappa shape index (κ2) is 5.55. The molecule has 116 valence electrons. The van der Waals surface area contributed by atoms with Crippen LogP contribution in [0.2, 0.25) is 0 Å². The van der Waals surface area contributed by atoms with E-state index >= 15 is 0 Å². The topological polar surface area (TPSA) is 43.8 Å². The number of carboxylic acid groups (broad SMARTS) is 1. The van der Waals surface area contributed by atoms with Gasteiger partial charge in [-0.2, -0.15) is 13.2 Å². The molecule has 1 heterocycles. The van der Waals surface area contributed by atoms with Crippen LogP contribution in [0, 0.1) is 0 Å². The Labute approximate surface area is 120 Å². The third-order valence-corrected chi connectivity index (χ3v) is 3.69. The number of anilines is 1. The van der Waals surface area contributed by atoms with Crippen LogP contribution in [0.1, 0.15) is 22.8 Å². The lowest BCUT2D eigenvalue weighted by Gasteiger charge is -2.40. The first-order valence-corrected chi connectivity index (χ1v) is 6.60. The largest absolute Gasteiger partial charge is 0.478 e. The Morgan fingerprint density at radius 1 is 1.33 bits per heavy atom. The van der Waals surface area contributed by atoms with Crippen molar-refractivity contribution in [2.24, 2.45) is 0 Å². The average Bonchev–Trinajstić information content (AvgIpc) is 2.37. The van der Waals surface area contributed by atoms with Gasteiger partial charge in [-0.1, -0.05) is 0 Å². The zero-order chi connectivity index (χ0) is 15.8. The Balaban J connectivity index is 2.45. The number of benzene rings is 1. The number of piperazine rings is 1. The molecule has 1 aliphatic heterocycles. The lowest BCUT2D eigenvalue weighted by Crippen LogP contribution is -2.51. The van der Waals surface area contributed by atoms with Crippen molar-refractivity contribution in [2.75, 3.05) is 31.6 Å². The van der Waals surface area contributed by atoms with Crippen molar-refractivity contribution in [1.29, 1.82) is 0 Å². The second-order valence-electron chi connectivity index (χ2n) is 5.34. The standard InChI is InChI=1S/C14H17F3N2O2/c1-9-8-18(2)5-6-19(9)12-4-3-10(13(20)21)7-11(12)14(15,16)17/h3-4,7,9H,5-6,8H2,1-2H3,(H,20,21). The van der Waals surface area contributed by atoms with E-state index < -0.39 is 17.7 Å². The van der Waals surface area contributed by atoms with Gasteiger partial charge in [0.15, 0.2) is 0 Å². The van der Waals surface area contributed by atoms with E-state index in [2.05, 4.69) is 4.90 Å². The molecule has 0 aliphatic carbocycles. The van der Waals surface area contributed by atoms with E-state index in [0.717, 1.165) is 0 Å². The number of carbonyl (C=O) groups is 1. The number of aromatic carboxylic acids is 1. The minimum atomic E-state index is -4.58. The van der Waals surface area contributed by atoms with E-state index in [-0.39, 0.29) is 17.3 Å². The molecule has 7 heteroatoms. The van der Waals surface area contributed by atoms with Crippen molar-refractivity contribution in [2.45, 2.75) is 19.1 Å². The van der Waals surface area contributed by atoms with E-state index in [0.29, 0.717) is 25.7 Å². The summed E-state index contributed by atoms with van der Waals surface area (Å²) in [6, 6.07) is 3.12. The van der Waals surface area contributed by atoms with Gasteiger partial charge in [-0.3, -0.25) is 0 Å². The first-order valence-electron chi connectivity index (χ1n) is 6.60. The normalized spacial score (nSPS) is 20.6. The van der Waals surface area contributed by atoms with Crippen LogP contribution in [0.5, 0.6) is 0 Å². The van der Waals surface area contributed by atoms with Crippen molar-refractivity contribution >= 4 is 11.7 Å². The summed E-state index contributed by atoms with van der Waals surface area (Å²) in [5.41, 5.74) is -1.19. The molecule has 0 bridgehead atoms. The number of rotatable bonds is 2. The van der Waals surface area contributed by atoms with Crippen LogP contribution in [0.4, 0.5) is 18.9 Å². The van der Waals surface area contributed by atoms with Gasteiger partial charge in [-0.15, -0.1) is 0 Å². The lowest BCUT2D eigenvalue weighted by atomic mass is 10.0. The predicted molar refractivity (Wildman–Crippen MR) is 72.7 cm³/mol. The van der Waals surface area contributed by atoms with E-state index in [1.807, 2.05) is 14.0 Å². The summed E-state index contributed by atoms with van der Waals surface area (Å²) in [7, 11) is 1.92. The van der Waals surface area contributed by atoms with Crippen molar-refractivity contribution in [3.05, 3.63) is 29.3 Å². The highest BCUT2D eigenvalue weighted by Gasteiger charge is 2.37. The van der Waals surface area contributed by atoms with Crippen LogP contribution in [-0.4, -0.2) is 48.7 Å². The van der Waals surface area contributed by atoms with E-state index in [1.165, 1.54) is 12.1 Å². The molecular weight excluding hydrogens is 285 g/mol. The van der Waals surface area contributed by atoms with Crippen LogP contribution in [-0.2, 0) is 6.18 Å². The van der Waals surface area contributed by atoms with Crippen LogP contribution in [0.25, 0.3) is 0 Å². The Morgan fingerprint density at radius 2 is 2.00 bits per heavy atom. The van der Waals surface area contributed by atoms with E-state index in [1.54, 1.807) is 4.90 Å². The fourth-order valence-corrected chi connectivity index (χ4v) is 2.64. The molecule has 2 rings (SSSR count). The molecule has 1 aliphatic rings. The molecule has 4 nitrogen and oxygen atoms in total. The van der Waals surface area contributed by atoms with Crippen molar-refractivity contribution in [3.8, 4) is 0 Å². The predicted octanol–water partition coefficient (Wildman–Crippen LogP) is 2.54. The number of likely N-dealkylation sites (N-methyl/N-ethyl adjacent to an activating group) is 1. The molecule has 0 saturated carbocycles. The Bertz CT molecular complexity index is 546. The van der Waals surface area contributed by atoms with Crippen LogP contribution >= 0.6 is 0 Å². The monoisotopic (exact) mass is 302 g/mol. The molecule has 0 aromatic heterocycles. The molecule has 1 atom stereocenters. The molecule has 1 aromatic rings. The van der Waals surface area contributed by atoms with Crippen LogP contribution < -0.4 is 4.90 Å².